The van der Waals surface area contributed by atoms with Gasteiger partial charge in [0.05, 0.1) is 11.4 Å². The molecule has 1 fully saturated rings. The number of carbonyl (C=O) groups is 3. The van der Waals surface area contributed by atoms with Crippen molar-refractivity contribution in [3.05, 3.63) is 134 Å². The van der Waals surface area contributed by atoms with Crippen LogP contribution in [0.2, 0.25) is 0 Å². The number of aromatic nitrogens is 1. The molecule has 2 aromatic heterocycles. The number of carbonyl (C=O) groups excluding carboxylic acids is 3. The van der Waals surface area contributed by atoms with E-state index in [4.69, 9.17) is 4.42 Å². The topological polar surface area (TPSA) is 131 Å². The molecule has 46 heavy (non-hydrogen) atoms. The SMILES string of the molecule is CC(=O)c1cccc(NC(=O)c2ccc(N3C[C@H]4C[C@@H](C3)c3cccc(=O)n3C4)c(NC(=O)c3cc4ccccc4oc3=O)c2)c1. The fourth-order valence-corrected chi connectivity index (χ4v) is 6.58. The second-order valence-electron chi connectivity index (χ2n) is 11.9. The third-order valence-corrected chi connectivity index (χ3v) is 8.74. The zero-order valence-corrected chi connectivity index (χ0v) is 25.0. The van der Waals surface area contributed by atoms with Crippen molar-refractivity contribution in [2.75, 3.05) is 28.6 Å². The normalized spacial score (nSPS) is 16.8. The molecule has 2 amide bonds. The molecule has 2 bridgehead atoms. The highest BCUT2D eigenvalue weighted by Gasteiger charge is 2.35. The standard InChI is InChI=1S/C36H30N4O6/c1-21(41)23-7-4-8-27(15-23)37-34(43)25-12-13-31(39-18-22-14-26(20-39)30-9-5-11-33(42)40(30)19-22)29(17-25)38-35(44)28-16-24-6-2-3-10-32(24)46-36(28)45/h2-13,15-17,22,26H,14,18-20H2,1H3,(H,37,43)(H,38,44)/t22-,26+/m1/s1. The van der Waals surface area contributed by atoms with E-state index < -0.39 is 17.4 Å². The van der Waals surface area contributed by atoms with Gasteiger partial charge in [-0.3, -0.25) is 19.2 Å². The first-order chi connectivity index (χ1) is 22.2. The monoisotopic (exact) mass is 614 g/mol. The van der Waals surface area contributed by atoms with Crippen molar-refractivity contribution in [2.24, 2.45) is 5.92 Å². The van der Waals surface area contributed by atoms with E-state index >= 15 is 0 Å². The molecule has 0 saturated carbocycles. The van der Waals surface area contributed by atoms with Crippen LogP contribution in [0.3, 0.4) is 0 Å². The van der Waals surface area contributed by atoms with Crippen LogP contribution in [0.25, 0.3) is 11.0 Å². The molecule has 0 unspecified atom stereocenters. The van der Waals surface area contributed by atoms with E-state index in [9.17, 15) is 24.0 Å². The van der Waals surface area contributed by atoms with E-state index in [0.717, 1.165) is 12.1 Å². The Bertz CT molecular complexity index is 2170. The molecule has 2 aliphatic rings. The summed E-state index contributed by atoms with van der Waals surface area (Å²) in [5.41, 5.74) is 2.65. The molecule has 3 aromatic carbocycles. The highest BCUT2D eigenvalue weighted by Crippen LogP contribution is 2.39. The lowest BCUT2D eigenvalue weighted by molar-refractivity contribution is 0.101. The van der Waals surface area contributed by atoms with Gasteiger partial charge in [0.15, 0.2) is 5.78 Å². The Balaban J connectivity index is 1.24. The summed E-state index contributed by atoms with van der Waals surface area (Å²) in [5.74, 6) is -0.909. The average Bonchev–Trinajstić information content (AvgIpc) is 3.05. The largest absolute Gasteiger partial charge is 0.422 e. The number of hydrogen-bond acceptors (Lipinski definition) is 7. The maximum atomic E-state index is 13.6. The van der Waals surface area contributed by atoms with E-state index in [0.29, 0.717) is 53.2 Å². The third kappa shape index (κ3) is 5.49. The molecule has 7 rings (SSSR count). The maximum absolute atomic E-state index is 13.6. The number of fused-ring (bicyclic) bond motifs is 5. The number of pyridine rings is 1. The summed E-state index contributed by atoms with van der Waals surface area (Å²) in [6, 6.07) is 25.5. The quantitative estimate of drug-likeness (QED) is 0.196. The van der Waals surface area contributed by atoms with E-state index in [1.807, 2.05) is 10.6 Å². The number of benzene rings is 3. The fourth-order valence-electron chi connectivity index (χ4n) is 6.58. The van der Waals surface area contributed by atoms with Crippen LogP contribution < -0.4 is 26.7 Å². The van der Waals surface area contributed by atoms with Crippen molar-refractivity contribution in [1.29, 1.82) is 0 Å². The summed E-state index contributed by atoms with van der Waals surface area (Å²) in [6.45, 7) is 3.30. The number of para-hydroxylation sites is 1. The minimum Gasteiger partial charge on any atom is -0.422 e. The molecule has 230 valence electrons. The zero-order chi connectivity index (χ0) is 31.9. The number of nitrogens with zero attached hydrogens (tertiary/aromatic N) is 2. The molecule has 0 spiro atoms. The summed E-state index contributed by atoms with van der Waals surface area (Å²) in [7, 11) is 0. The van der Waals surface area contributed by atoms with Gasteiger partial charge in [-0.25, -0.2) is 4.79 Å². The highest BCUT2D eigenvalue weighted by molar-refractivity contribution is 6.10. The van der Waals surface area contributed by atoms with Crippen LogP contribution in [0.4, 0.5) is 17.1 Å². The smallest absolute Gasteiger partial charge is 0.349 e. The molecule has 2 atom stereocenters. The summed E-state index contributed by atoms with van der Waals surface area (Å²) >= 11 is 0. The number of piperidine rings is 1. The van der Waals surface area contributed by atoms with E-state index in [1.54, 1.807) is 78.9 Å². The lowest BCUT2D eigenvalue weighted by Crippen LogP contribution is -2.47. The Labute approximate surface area is 263 Å². The lowest BCUT2D eigenvalue weighted by Gasteiger charge is -2.44. The van der Waals surface area contributed by atoms with Crippen molar-refractivity contribution in [2.45, 2.75) is 25.8 Å². The van der Waals surface area contributed by atoms with Crippen LogP contribution in [0, 0.1) is 5.92 Å². The van der Waals surface area contributed by atoms with Crippen LogP contribution >= 0.6 is 0 Å². The second-order valence-corrected chi connectivity index (χ2v) is 11.9. The van der Waals surface area contributed by atoms with Crippen molar-refractivity contribution < 1.29 is 18.8 Å². The Kier molecular flexibility index (Phi) is 7.32. The predicted molar refractivity (Wildman–Crippen MR) is 175 cm³/mol. The third-order valence-electron chi connectivity index (χ3n) is 8.74. The van der Waals surface area contributed by atoms with E-state index in [2.05, 4.69) is 15.5 Å². The summed E-state index contributed by atoms with van der Waals surface area (Å²) in [6.07, 6.45) is 0.944. The van der Waals surface area contributed by atoms with Crippen LogP contribution in [0.5, 0.6) is 0 Å². The molecule has 10 nitrogen and oxygen atoms in total. The highest BCUT2D eigenvalue weighted by atomic mass is 16.4. The summed E-state index contributed by atoms with van der Waals surface area (Å²) < 4.78 is 7.26. The number of amides is 2. The number of ketones is 1. The first-order valence-corrected chi connectivity index (χ1v) is 15.1. The Morgan fingerprint density at radius 2 is 1.61 bits per heavy atom. The van der Waals surface area contributed by atoms with Crippen molar-refractivity contribution in [3.63, 3.8) is 0 Å². The van der Waals surface area contributed by atoms with Gasteiger partial charge in [-0.05, 0) is 67.8 Å². The van der Waals surface area contributed by atoms with Gasteiger partial charge in [0.2, 0.25) is 0 Å². The maximum Gasteiger partial charge on any atom is 0.349 e. The minimum absolute atomic E-state index is 0.00739. The van der Waals surface area contributed by atoms with Gasteiger partial charge in [-0.15, -0.1) is 0 Å². The van der Waals surface area contributed by atoms with Crippen molar-refractivity contribution in [1.82, 2.24) is 4.57 Å². The van der Waals surface area contributed by atoms with Crippen LogP contribution in [0.15, 0.2) is 105 Å². The predicted octanol–water partition coefficient (Wildman–Crippen LogP) is 5.29. The van der Waals surface area contributed by atoms with Gasteiger partial charge in [0, 0.05) is 59.5 Å². The van der Waals surface area contributed by atoms with Gasteiger partial charge in [-0.1, -0.05) is 36.4 Å². The molecule has 4 heterocycles. The van der Waals surface area contributed by atoms with Gasteiger partial charge >= 0.3 is 5.63 Å². The minimum atomic E-state index is -0.772. The van der Waals surface area contributed by atoms with E-state index in [-0.39, 0.29) is 34.3 Å². The second kappa shape index (κ2) is 11.6. The number of nitrogens with one attached hydrogen (secondary N) is 2. The molecule has 10 heteroatoms. The fraction of sp³-hybridized carbons (Fsp3) is 0.194. The molecular formula is C36H30N4O6. The molecule has 0 aliphatic carbocycles. The Morgan fingerprint density at radius 1 is 0.783 bits per heavy atom. The Morgan fingerprint density at radius 3 is 2.46 bits per heavy atom. The van der Waals surface area contributed by atoms with Gasteiger partial charge in [0.25, 0.3) is 17.4 Å². The molecule has 1 saturated heterocycles. The van der Waals surface area contributed by atoms with Crippen LogP contribution in [0.1, 0.15) is 56.0 Å². The lowest BCUT2D eigenvalue weighted by atomic mass is 9.83. The number of anilines is 3. The molecular weight excluding hydrogens is 584 g/mol. The first-order valence-electron chi connectivity index (χ1n) is 15.1. The molecule has 0 radical (unpaired) electrons. The van der Waals surface area contributed by atoms with Crippen LogP contribution in [-0.4, -0.2) is 35.3 Å². The first kappa shape index (κ1) is 29.0. The van der Waals surface area contributed by atoms with Gasteiger partial charge in [0.1, 0.15) is 11.1 Å². The number of Topliss-reactive ketones (excluding diaryl/α,β-unsaturated/α-hetero) is 1. The number of hydrogen-bond donors (Lipinski definition) is 2. The molecule has 5 aromatic rings. The molecule has 2 aliphatic heterocycles. The average molecular weight is 615 g/mol. The summed E-state index contributed by atoms with van der Waals surface area (Å²) in [5, 5.41) is 6.32. The zero-order valence-electron chi connectivity index (χ0n) is 25.0. The van der Waals surface area contributed by atoms with Crippen molar-refractivity contribution in [3.8, 4) is 0 Å². The number of rotatable bonds is 6. The Hall–Kier alpha value is -5.77. The van der Waals surface area contributed by atoms with Gasteiger partial charge < -0.3 is 24.5 Å². The van der Waals surface area contributed by atoms with Crippen molar-refractivity contribution >= 4 is 45.6 Å². The van der Waals surface area contributed by atoms with Crippen LogP contribution in [-0.2, 0) is 6.54 Å². The van der Waals surface area contributed by atoms with E-state index in [1.165, 1.54) is 13.0 Å². The molecule has 2 N–H and O–H groups in total. The summed E-state index contributed by atoms with van der Waals surface area (Å²) in [4.78, 5) is 66.4. The van der Waals surface area contributed by atoms with Gasteiger partial charge in [-0.2, -0.15) is 0 Å².